The third-order valence-electron chi connectivity index (χ3n) is 4.18. The van der Waals surface area contributed by atoms with Gasteiger partial charge in [0.15, 0.2) is 0 Å². The number of nitrogens with two attached hydrogens (primary N) is 1. The largest absolute Gasteiger partial charge is 0.422 e. The summed E-state index contributed by atoms with van der Waals surface area (Å²) in [6, 6.07) is 8.72. The van der Waals surface area contributed by atoms with Crippen LogP contribution in [-0.2, 0) is 0 Å². The Bertz CT molecular complexity index is 738. The van der Waals surface area contributed by atoms with E-state index in [0.29, 0.717) is 24.6 Å². The molecule has 2 unspecified atom stereocenters. The molecule has 1 aromatic carbocycles. The molecule has 3 rings (SSSR count). The van der Waals surface area contributed by atoms with Gasteiger partial charge in [-0.1, -0.05) is 25.1 Å². The Morgan fingerprint density at radius 2 is 2.14 bits per heavy atom. The molecule has 2 aromatic rings. The van der Waals surface area contributed by atoms with E-state index in [-0.39, 0.29) is 17.5 Å². The first kappa shape index (κ1) is 13.8. The molecule has 0 aliphatic carbocycles. The molecular weight excluding hydrogens is 268 g/mol. The van der Waals surface area contributed by atoms with Gasteiger partial charge in [-0.3, -0.25) is 4.79 Å². The van der Waals surface area contributed by atoms with Gasteiger partial charge >= 0.3 is 5.63 Å². The molecule has 1 aromatic heterocycles. The Morgan fingerprint density at radius 1 is 1.38 bits per heavy atom. The lowest BCUT2D eigenvalue weighted by Gasteiger charge is -2.34. The zero-order valence-corrected chi connectivity index (χ0v) is 11.9. The van der Waals surface area contributed by atoms with Gasteiger partial charge in [0.2, 0.25) is 0 Å². The summed E-state index contributed by atoms with van der Waals surface area (Å²) in [5.41, 5.74) is 5.99. The number of hydrogen-bond donors (Lipinski definition) is 1. The fraction of sp³-hybridized carbons (Fsp3) is 0.375. The average molecular weight is 286 g/mol. The summed E-state index contributed by atoms with van der Waals surface area (Å²) >= 11 is 0. The van der Waals surface area contributed by atoms with Gasteiger partial charge in [0, 0.05) is 24.5 Å². The SMILES string of the molecule is CC1CCN(C(=O)c2cc3ccccc3oc2=O)CC1N. The Kier molecular flexibility index (Phi) is 3.51. The van der Waals surface area contributed by atoms with Crippen LogP contribution in [0, 0.1) is 5.92 Å². The van der Waals surface area contributed by atoms with E-state index in [4.69, 9.17) is 10.2 Å². The molecule has 1 fully saturated rings. The molecule has 5 heteroatoms. The van der Waals surface area contributed by atoms with E-state index in [1.165, 1.54) is 0 Å². The number of hydrogen-bond acceptors (Lipinski definition) is 4. The minimum absolute atomic E-state index is 0.0461. The predicted octanol–water partition coefficient (Wildman–Crippen LogP) is 1.60. The maximum Gasteiger partial charge on any atom is 0.349 e. The zero-order chi connectivity index (χ0) is 15.0. The van der Waals surface area contributed by atoms with E-state index in [0.717, 1.165) is 11.8 Å². The van der Waals surface area contributed by atoms with E-state index >= 15 is 0 Å². The molecule has 0 spiro atoms. The van der Waals surface area contributed by atoms with E-state index in [1.54, 1.807) is 23.1 Å². The van der Waals surface area contributed by atoms with Crippen molar-refractivity contribution < 1.29 is 9.21 Å². The molecule has 5 nitrogen and oxygen atoms in total. The van der Waals surface area contributed by atoms with Crippen molar-refractivity contribution in [3.05, 3.63) is 46.3 Å². The smallest absolute Gasteiger partial charge is 0.349 e. The highest BCUT2D eigenvalue weighted by Gasteiger charge is 2.28. The minimum atomic E-state index is -0.592. The Morgan fingerprint density at radius 3 is 2.90 bits per heavy atom. The minimum Gasteiger partial charge on any atom is -0.422 e. The highest BCUT2D eigenvalue weighted by molar-refractivity contribution is 5.96. The first-order chi connectivity index (χ1) is 10.1. The molecule has 110 valence electrons. The maximum absolute atomic E-state index is 12.5. The number of fused-ring (bicyclic) bond motifs is 1. The van der Waals surface area contributed by atoms with Crippen molar-refractivity contribution in [2.24, 2.45) is 11.7 Å². The number of likely N-dealkylation sites (tertiary alicyclic amines) is 1. The summed E-state index contributed by atoms with van der Waals surface area (Å²) in [6.07, 6.45) is 0.853. The van der Waals surface area contributed by atoms with E-state index in [2.05, 4.69) is 6.92 Å². The molecule has 0 radical (unpaired) electrons. The van der Waals surface area contributed by atoms with Crippen molar-refractivity contribution in [2.75, 3.05) is 13.1 Å². The summed E-state index contributed by atoms with van der Waals surface area (Å²) in [6.45, 7) is 3.18. The predicted molar refractivity (Wildman–Crippen MR) is 80.1 cm³/mol. The van der Waals surface area contributed by atoms with Crippen LogP contribution in [0.4, 0.5) is 0 Å². The van der Waals surface area contributed by atoms with Crippen LogP contribution < -0.4 is 11.4 Å². The van der Waals surface area contributed by atoms with E-state index in [9.17, 15) is 9.59 Å². The van der Waals surface area contributed by atoms with Crippen molar-refractivity contribution in [2.45, 2.75) is 19.4 Å². The number of carbonyl (C=O) groups is 1. The molecule has 2 atom stereocenters. The number of amides is 1. The molecule has 1 amide bonds. The number of carbonyl (C=O) groups excluding carboxylic acids is 1. The van der Waals surface area contributed by atoms with Gasteiger partial charge in [0.25, 0.3) is 5.91 Å². The van der Waals surface area contributed by atoms with Crippen LogP contribution in [0.15, 0.2) is 39.5 Å². The summed E-state index contributed by atoms with van der Waals surface area (Å²) in [4.78, 5) is 26.2. The second-order valence-corrected chi connectivity index (χ2v) is 5.67. The monoisotopic (exact) mass is 286 g/mol. The van der Waals surface area contributed by atoms with Gasteiger partial charge in [0.05, 0.1) is 0 Å². The number of para-hydroxylation sites is 1. The lowest BCUT2D eigenvalue weighted by molar-refractivity contribution is 0.0668. The third kappa shape index (κ3) is 2.56. The van der Waals surface area contributed by atoms with Crippen molar-refractivity contribution in [1.29, 1.82) is 0 Å². The van der Waals surface area contributed by atoms with Crippen molar-refractivity contribution >= 4 is 16.9 Å². The second kappa shape index (κ2) is 5.33. The zero-order valence-electron chi connectivity index (χ0n) is 11.9. The van der Waals surface area contributed by atoms with Gasteiger partial charge < -0.3 is 15.1 Å². The summed E-state index contributed by atoms with van der Waals surface area (Å²) < 4.78 is 5.22. The molecule has 1 aliphatic heterocycles. The Hall–Kier alpha value is -2.14. The first-order valence-electron chi connectivity index (χ1n) is 7.14. The van der Waals surface area contributed by atoms with Crippen LogP contribution in [0.3, 0.4) is 0 Å². The standard InChI is InChI=1S/C16H18N2O3/c1-10-6-7-18(9-13(10)17)15(19)12-8-11-4-2-3-5-14(11)21-16(12)20/h2-5,8,10,13H,6-7,9,17H2,1H3. The quantitative estimate of drug-likeness (QED) is 0.808. The van der Waals surface area contributed by atoms with Crippen LogP contribution in [-0.4, -0.2) is 29.9 Å². The van der Waals surface area contributed by atoms with Crippen LogP contribution in [0.25, 0.3) is 11.0 Å². The van der Waals surface area contributed by atoms with Crippen LogP contribution in [0.5, 0.6) is 0 Å². The summed E-state index contributed by atoms with van der Waals surface area (Å²) in [5, 5.41) is 0.745. The normalized spacial score (nSPS) is 22.5. The fourth-order valence-electron chi connectivity index (χ4n) is 2.67. The molecule has 1 aliphatic rings. The molecular formula is C16H18N2O3. The molecule has 2 heterocycles. The highest BCUT2D eigenvalue weighted by atomic mass is 16.4. The summed E-state index contributed by atoms with van der Waals surface area (Å²) in [5.74, 6) is 0.0962. The number of benzene rings is 1. The van der Waals surface area contributed by atoms with Gasteiger partial charge in [0.1, 0.15) is 11.1 Å². The second-order valence-electron chi connectivity index (χ2n) is 5.67. The Balaban J connectivity index is 1.94. The van der Waals surface area contributed by atoms with E-state index < -0.39 is 5.63 Å². The van der Waals surface area contributed by atoms with Crippen LogP contribution in [0.1, 0.15) is 23.7 Å². The first-order valence-corrected chi connectivity index (χ1v) is 7.14. The topological polar surface area (TPSA) is 76.5 Å². The van der Waals surface area contributed by atoms with Gasteiger partial charge in [-0.15, -0.1) is 0 Å². The molecule has 2 N–H and O–H groups in total. The van der Waals surface area contributed by atoms with Gasteiger partial charge in [-0.2, -0.15) is 0 Å². The van der Waals surface area contributed by atoms with Crippen molar-refractivity contribution in [1.82, 2.24) is 4.90 Å². The molecule has 21 heavy (non-hydrogen) atoms. The number of rotatable bonds is 1. The lowest BCUT2D eigenvalue weighted by Crippen LogP contribution is -2.50. The van der Waals surface area contributed by atoms with E-state index in [1.807, 2.05) is 12.1 Å². The molecule has 1 saturated heterocycles. The summed E-state index contributed by atoms with van der Waals surface area (Å²) in [7, 11) is 0. The molecule has 0 bridgehead atoms. The highest BCUT2D eigenvalue weighted by Crippen LogP contribution is 2.18. The van der Waals surface area contributed by atoms with Crippen LogP contribution in [0.2, 0.25) is 0 Å². The number of piperidine rings is 1. The van der Waals surface area contributed by atoms with Crippen molar-refractivity contribution in [3.8, 4) is 0 Å². The maximum atomic E-state index is 12.5. The van der Waals surface area contributed by atoms with Gasteiger partial charge in [-0.05, 0) is 24.5 Å². The average Bonchev–Trinajstić information content (AvgIpc) is 2.48. The van der Waals surface area contributed by atoms with Crippen molar-refractivity contribution in [3.63, 3.8) is 0 Å². The third-order valence-corrected chi connectivity index (χ3v) is 4.18. The Labute approximate surface area is 122 Å². The van der Waals surface area contributed by atoms with Gasteiger partial charge in [-0.25, -0.2) is 4.79 Å². The fourth-order valence-corrected chi connectivity index (χ4v) is 2.67. The molecule has 0 saturated carbocycles. The number of nitrogens with zero attached hydrogens (tertiary/aromatic N) is 1. The lowest BCUT2D eigenvalue weighted by atomic mass is 9.94. The van der Waals surface area contributed by atoms with Crippen LogP contribution >= 0.6 is 0 Å².